The zero-order valence-corrected chi connectivity index (χ0v) is 5.05. The van der Waals surface area contributed by atoms with E-state index in [0.717, 1.165) is 0 Å². The number of carboxylic acid groups (broad SMARTS) is 1. The number of nitrogens with one attached hydrogen (secondary N) is 1. The number of rotatable bonds is 2. The Hall–Kier alpha value is -0.610. The van der Waals surface area contributed by atoms with Crippen LogP contribution < -0.4 is 11.1 Å². The largest absolute Gasteiger partial charge is 0.481 e. The van der Waals surface area contributed by atoms with Crippen molar-refractivity contribution in [2.24, 2.45) is 5.73 Å². The molecule has 1 aliphatic heterocycles. The van der Waals surface area contributed by atoms with E-state index in [1.54, 1.807) is 0 Å². The topological polar surface area (TPSA) is 75.4 Å². The van der Waals surface area contributed by atoms with E-state index in [9.17, 15) is 4.79 Å². The predicted octanol–water partition coefficient (Wildman–Crippen LogP) is -1.24. The highest BCUT2D eigenvalue weighted by Gasteiger charge is 2.34. The van der Waals surface area contributed by atoms with Gasteiger partial charge in [0.2, 0.25) is 0 Å². The van der Waals surface area contributed by atoms with Gasteiger partial charge < -0.3 is 16.2 Å². The number of hydrogen-bond acceptors (Lipinski definition) is 3. The smallest absolute Gasteiger partial charge is 0.305 e. The Morgan fingerprint density at radius 3 is 2.44 bits per heavy atom. The highest BCUT2D eigenvalue weighted by Crippen LogP contribution is 2.10. The average Bonchev–Trinajstić information content (AvgIpc) is 1.60. The van der Waals surface area contributed by atoms with Crippen LogP contribution in [0.4, 0.5) is 0 Å². The fourth-order valence-electron chi connectivity index (χ4n) is 0.872. The van der Waals surface area contributed by atoms with Gasteiger partial charge in [-0.15, -0.1) is 0 Å². The molecular formula is C5H10N2O2. The van der Waals surface area contributed by atoms with E-state index >= 15 is 0 Å². The standard InChI is InChI=1S/C5H10N2O2/c6-5(1-4(8)9)2-7-3-5/h7H,1-3,6H2,(H,8,9). The van der Waals surface area contributed by atoms with Crippen molar-refractivity contribution >= 4 is 5.97 Å². The van der Waals surface area contributed by atoms with Crippen molar-refractivity contribution in [2.75, 3.05) is 13.1 Å². The molecule has 52 valence electrons. The van der Waals surface area contributed by atoms with Gasteiger partial charge in [-0.25, -0.2) is 0 Å². The van der Waals surface area contributed by atoms with Gasteiger partial charge >= 0.3 is 5.97 Å². The second-order valence-electron chi connectivity index (χ2n) is 2.54. The molecule has 0 spiro atoms. The fourth-order valence-corrected chi connectivity index (χ4v) is 0.872. The summed E-state index contributed by atoms with van der Waals surface area (Å²) in [6, 6.07) is 0. The molecule has 1 saturated heterocycles. The molecule has 4 N–H and O–H groups in total. The van der Waals surface area contributed by atoms with Crippen LogP contribution in [0.25, 0.3) is 0 Å². The molecule has 9 heavy (non-hydrogen) atoms. The highest BCUT2D eigenvalue weighted by molar-refractivity contribution is 5.68. The Bertz CT molecular complexity index is 131. The Labute approximate surface area is 53.0 Å². The van der Waals surface area contributed by atoms with Crippen molar-refractivity contribution in [3.05, 3.63) is 0 Å². The van der Waals surface area contributed by atoms with Gasteiger partial charge in [-0.05, 0) is 0 Å². The van der Waals surface area contributed by atoms with E-state index in [1.807, 2.05) is 0 Å². The minimum Gasteiger partial charge on any atom is -0.481 e. The third-order valence-corrected chi connectivity index (χ3v) is 1.46. The molecule has 0 unspecified atom stereocenters. The summed E-state index contributed by atoms with van der Waals surface area (Å²) in [6.07, 6.45) is 0.0694. The van der Waals surface area contributed by atoms with Gasteiger partial charge in [0.1, 0.15) is 0 Å². The zero-order valence-electron chi connectivity index (χ0n) is 5.05. The van der Waals surface area contributed by atoms with E-state index in [2.05, 4.69) is 5.32 Å². The molecule has 1 fully saturated rings. The molecule has 0 radical (unpaired) electrons. The van der Waals surface area contributed by atoms with Crippen molar-refractivity contribution in [3.63, 3.8) is 0 Å². The van der Waals surface area contributed by atoms with E-state index < -0.39 is 11.5 Å². The first-order chi connectivity index (χ1) is 4.12. The molecule has 1 rings (SSSR count). The summed E-state index contributed by atoms with van der Waals surface area (Å²) in [5.74, 6) is -0.820. The van der Waals surface area contributed by atoms with E-state index in [1.165, 1.54) is 0 Å². The van der Waals surface area contributed by atoms with Gasteiger partial charge in [0.05, 0.1) is 12.0 Å². The van der Waals surface area contributed by atoms with Gasteiger partial charge in [-0.2, -0.15) is 0 Å². The summed E-state index contributed by atoms with van der Waals surface area (Å²) < 4.78 is 0. The lowest BCUT2D eigenvalue weighted by Crippen LogP contribution is -2.66. The van der Waals surface area contributed by atoms with Crippen molar-refractivity contribution in [1.82, 2.24) is 5.32 Å². The Balaban J connectivity index is 2.33. The lowest BCUT2D eigenvalue weighted by Gasteiger charge is -2.37. The van der Waals surface area contributed by atoms with E-state index in [0.29, 0.717) is 13.1 Å². The summed E-state index contributed by atoms with van der Waals surface area (Å²) in [5.41, 5.74) is 5.09. The van der Waals surface area contributed by atoms with Crippen molar-refractivity contribution in [1.29, 1.82) is 0 Å². The van der Waals surface area contributed by atoms with Crippen LogP contribution in [0.1, 0.15) is 6.42 Å². The van der Waals surface area contributed by atoms with Crippen molar-refractivity contribution < 1.29 is 9.90 Å². The lowest BCUT2D eigenvalue weighted by molar-refractivity contribution is -0.138. The summed E-state index contributed by atoms with van der Waals surface area (Å²) in [7, 11) is 0. The quantitative estimate of drug-likeness (QED) is 0.437. The molecule has 1 aliphatic rings. The van der Waals surface area contributed by atoms with Crippen LogP contribution >= 0.6 is 0 Å². The Kier molecular flexibility index (Phi) is 1.42. The molecule has 0 atom stereocenters. The van der Waals surface area contributed by atoms with Crippen LogP contribution in [0.3, 0.4) is 0 Å². The van der Waals surface area contributed by atoms with Crippen LogP contribution in [0.15, 0.2) is 0 Å². The average molecular weight is 130 g/mol. The number of carboxylic acids is 1. The SMILES string of the molecule is NC1(CC(=O)O)CNC1. The second kappa shape index (κ2) is 1.97. The number of carbonyl (C=O) groups is 1. The van der Waals surface area contributed by atoms with Gasteiger partial charge in [0.25, 0.3) is 0 Å². The van der Waals surface area contributed by atoms with Crippen LogP contribution in [0, 0.1) is 0 Å². The highest BCUT2D eigenvalue weighted by atomic mass is 16.4. The van der Waals surface area contributed by atoms with Gasteiger partial charge in [-0.3, -0.25) is 4.79 Å². The van der Waals surface area contributed by atoms with Gasteiger partial charge in [-0.1, -0.05) is 0 Å². The number of nitrogens with two attached hydrogens (primary N) is 1. The van der Waals surface area contributed by atoms with Crippen LogP contribution in [-0.4, -0.2) is 29.7 Å². The van der Waals surface area contributed by atoms with Crippen LogP contribution in [0.5, 0.6) is 0 Å². The summed E-state index contributed by atoms with van der Waals surface area (Å²) in [5, 5.41) is 11.2. The minimum atomic E-state index is -0.820. The normalized spacial score (nSPS) is 22.8. The molecule has 0 aromatic heterocycles. The molecule has 4 nitrogen and oxygen atoms in total. The monoisotopic (exact) mass is 130 g/mol. The summed E-state index contributed by atoms with van der Waals surface area (Å²) >= 11 is 0. The first-order valence-corrected chi connectivity index (χ1v) is 2.84. The minimum absolute atomic E-state index is 0.0694. The Morgan fingerprint density at radius 2 is 2.33 bits per heavy atom. The molecule has 0 aromatic rings. The molecule has 1 heterocycles. The third-order valence-electron chi connectivity index (χ3n) is 1.46. The third kappa shape index (κ3) is 1.40. The van der Waals surface area contributed by atoms with Crippen LogP contribution in [-0.2, 0) is 4.79 Å². The first-order valence-electron chi connectivity index (χ1n) is 2.84. The zero-order chi connectivity index (χ0) is 6.91. The van der Waals surface area contributed by atoms with Crippen LogP contribution in [0.2, 0.25) is 0 Å². The summed E-state index contributed by atoms with van der Waals surface area (Å²) in [6.45, 7) is 1.25. The predicted molar refractivity (Wildman–Crippen MR) is 32.0 cm³/mol. The maximum Gasteiger partial charge on any atom is 0.305 e. The van der Waals surface area contributed by atoms with Crippen molar-refractivity contribution in [3.8, 4) is 0 Å². The molecule has 0 aromatic carbocycles. The Morgan fingerprint density at radius 1 is 1.78 bits per heavy atom. The molecule has 0 amide bonds. The number of hydrogen-bond donors (Lipinski definition) is 3. The van der Waals surface area contributed by atoms with E-state index in [-0.39, 0.29) is 6.42 Å². The molecular weight excluding hydrogens is 120 g/mol. The first kappa shape index (κ1) is 6.51. The molecule has 0 bridgehead atoms. The maximum atomic E-state index is 10.1. The second-order valence-corrected chi connectivity index (χ2v) is 2.54. The maximum absolute atomic E-state index is 10.1. The van der Waals surface area contributed by atoms with E-state index in [4.69, 9.17) is 10.8 Å². The van der Waals surface area contributed by atoms with Gasteiger partial charge in [0.15, 0.2) is 0 Å². The van der Waals surface area contributed by atoms with Crippen molar-refractivity contribution in [2.45, 2.75) is 12.0 Å². The fraction of sp³-hybridized carbons (Fsp3) is 0.800. The molecule has 0 saturated carbocycles. The summed E-state index contributed by atoms with van der Waals surface area (Å²) in [4.78, 5) is 10.1. The van der Waals surface area contributed by atoms with Gasteiger partial charge in [0, 0.05) is 13.1 Å². The molecule has 4 heteroatoms. The lowest BCUT2D eigenvalue weighted by atomic mass is 9.90. The molecule has 0 aliphatic carbocycles. The number of aliphatic carboxylic acids is 1.